The highest BCUT2D eigenvalue weighted by molar-refractivity contribution is 5.19. The summed E-state index contributed by atoms with van der Waals surface area (Å²) in [5.74, 6) is 8.13. The lowest BCUT2D eigenvalue weighted by molar-refractivity contribution is 0.501. The Balaban J connectivity index is 2.62. The zero-order valence-electron chi connectivity index (χ0n) is 9.03. The van der Waals surface area contributed by atoms with Gasteiger partial charge in [0.15, 0.2) is 0 Å². The molecule has 0 spiro atoms. The van der Waals surface area contributed by atoms with Crippen LogP contribution in [0.15, 0.2) is 18.5 Å². The van der Waals surface area contributed by atoms with E-state index < -0.39 is 0 Å². The molecule has 1 heterocycles. The SMILES string of the molecule is C#CCCCC(NN)c1cncc(C)c1. The quantitative estimate of drug-likeness (QED) is 0.331. The lowest BCUT2D eigenvalue weighted by atomic mass is 10.0. The summed E-state index contributed by atoms with van der Waals surface area (Å²) in [6.07, 6.45) is 11.6. The van der Waals surface area contributed by atoms with Crippen LogP contribution < -0.4 is 11.3 Å². The van der Waals surface area contributed by atoms with E-state index in [0.717, 1.165) is 30.4 Å². The number of aromatic nitrogens is 1. The first kappa shape index (κ1) is 11.7. The summed E-state index contributed by atoms with van der Waals surface area (Å²) >= 11 is 0. The molecular weight excluding hydrogens is 186 g/mol. The summed E-state index contributed by atoms with van der Waals surface area (Å²) in [6, 6.07) is 2.23. The number of unbranched alkanes of at least 4 members (excludes halogenated alkanes) is 1. The predicted octanol–water partition coefficient (Wildman–Crippen LogP) is 1.70. The minimum absolute atomic E-state index is 0.144. The summed E-state index contributed by atoms with van der Waals surface area (Å²) in [5, 5.41) is 0. The van der Waals surface area contributed by atoms with Gasteiger partial charge in [0.1, 0.15) is 0 Å². The summed E-state index contributed by atoms with van der Waals surface area (Å²) in [7, 11) is 0. The normalized spacial score (nSPS) is 12.1. The van der Waals surface area contributed by atoms with E-state index in [-0.39, 0.29) is 6.04 Å². The summed E-state index contributed by atoms with van der Waals surface area (Å²) in [4.78, 5) is 4.15. The van der Waals surface area contributed by atoms with E-state index in [9.17, 15) is 0 Å². The summed E-state index contributed by atoms with van der Waals surface area (Å²) in [5.41, 5.74) is 5.06. The number of nitrogens with zero attached hydrogens (tertiary/aromatic N) is 1. The molecule has 1 atom stereocenters. The van der Waals surface area contributed by atoms with Crippen LogP contribution in [0, 0.1) is 19.3 Å². The largest absolute Gasteiger partial charge is 0.271 e. The molecule has 15 heavy (non-hydrogen) atoms. The molecule has 1 unspecified atom stereocenters. The van der Waals surface area contributed by atoms with Crippen molar-refractivity contribution in [2.45, 2.75) is 32.2 Å². The van der Waals surface area contributed by atoms with Crippen molar-refractivity contribution >= 4 is 0 Å². The van der Waals surface area contributed by atoms with Crippen LogP contribution in [0.25, 0.3) is 0 Å². The van der Waals surface area contributed by atoms with Crippen molar-refractivity contribution < 1.29 is 0 Å². The number of nitrogens with one attached hydrogen (secondary N) is 1. The smallest absolute Gasteiger partial charge is 0.0475 e. The number of terminal acetylenes is 1. The average molecular weight is 203 g/mol. The molecular formula is C12H17N3. The van der Waals surface area contributed by atoms with Crippen molar-refractivity contribution in [2.24, 2.45) is 5.84 Å². The Bertz CT molecular complexity index is 341. The van der Waals surface area contributed by atoms with Gasteiger partial charge in [0, 0.05) is 24.9 Å². The molecule has 0 aliphatic carbocycles. The van der Waals surface area contributed by atoms with E-state index in [1.807, 2.05) is 19.3 Å². The Kier molecular flexibility index (Phi) is 4.82. The highest BCUT2D eigenvalue weighted by Crippen LogP contribution is 2.18. The highest BCUT2D eigenvalue weighted by atomic mass is 15.2. The maximum absolute atomic E-state index is 5.51. The molecule has 3 N–H and O–H groups in total. The van der Waals surface area contributed by atoms with Crippen LogP contribution in [0.5, 0.6) is 0 Å². The number of hydrazine groups is 1. The summed E-state index contributed by atoms with van der Waals surface area (Å²) in [6.45, 7) is 2.02. The molecule has 0 aliphatic heterocycles. The third-order valence-corrected chi connectivity index (χ3v) is 2.31. The fourth-order valence-corrected chi connectivity index (χ4v) is 1.52. The minimum Gasteiger partial charge on any atom is -0.271 e. The Hall–Kier alpha value is -1.37. The van der Waals surface area contributed by atoms with Gasteiger partial charge in [0.2, 0.25) is 0 Å². The van der Waals surface area contributed by atoms with Crippen molar-refractivity contribution in [1.29, 1.82) is 0 Å². The van der Waals surface area contributed by atoms with Crippen LogP contribution in [0.2, 0.25) is 0 Å². The Morgan fingerprint density at radius 3 is 3.00 bits per heavy atom. The number of nitrogens with two attached hydrogens (primary N) is 1. The molecule has 80 valence electrons. The molecule has 1 aromatic rings. The van der Waals surface area contributed by atoms with Gasteiger partial charge < -0.3 is 0 Å². The number of hydrogen-bond acceptors (Lipinski definition) is 3. The molecule has 0 radical (unpaired) electrons. The van der Waals surface area contributed by atoms with Gasteiger partial charge in [-0.2, -0.15) is 0 Å². The van der Waals surface area contributed by atoms with E-state index in [1.54, 1.807) is 0 Å². The van der Waals surface area contributed by atoms with Crippen LogP contribution in [0.1, 0.15) is 36.4 Å². The van der Waals surface area contributed by atoms with Crippen molar-refractivity contribution in [3.05, 3.63) is 29.6 Å². The van der Waals surface area contributed by atoms with Crippen molar-refractivity contribution in [2.75, 3.05) is 0 Å². The number of rotatable bonds is 5. The first-order chi connectivity index (χ1) is 7.27. The third-order valence-electron chi connectivity index (χ3n) is 2.31. The second-order valence-corrected chi connectivity index (χ2v) is 3.61. The molecule has 0 amide bonds. The standard InChI is InChI=1S/C12H17N3/c1-3-4-5-6-12(15-13)11-7-10(2)8-14-9-11/h1,7-9,12,15H,4-6,13H2,2H3. The van der Waals surface area contributed by atoms with Gasteiger partial charge >= 0.3 is 0 Å². The molecule has 0 aromatic carbocycles. The fourth-order valence-electron chi connectivity index (χ4n) is 1.52. The van der Waals surface area contributed by atoms with Gasteiger partial charge in [-0.25, -0.2) is 0 Å². The first-order valence-corrected chi connectivity index (χ1v) is 5.09. The van der Waals surface area contributed by atoms with Gasteiger partial charge in [-0.05, 0) is 30.9 Å². The number of pyridine rings is 1. The third kappa shape index (κ3) is 3.70. The zero-order valence-corrected chi connectivity index (χ0v) is 9.03. The molecule has 1 rings (SSSR count). The first-order valence-electron chi connectivity index (χ1n) is 5.09. The van der Waals surface area contributed by atoms with Gasteiger partial charge in [0.25, 0.3) is 0 Å². The maximum Gasteiger partial charge on any atom is 0.0475 e. The van der Waals surface area contributed by atoms with Gasteiger partial charge in [-0.15, -0.1) is 12.3 Å². The van der Waals surface area contributed by atoms with Crippen molar-refractivity contribution in [1.82, 2.24) is 10.4 Å². The van der Waals surface area contributed by atoms with E-state index >= 15 is 0 Å². The molecule has 3 nitrogen and oxygen atoms in total. The lowest BCUT2D eigenvalue weighted by Crippen LogP contribution is -2.28. The molecule has 3 heteroatoms. The molecule has 0 saturated carbocycles. The highest BCUT2D eigenvalue weighted by Gasteiger charge is 2.09. The molecule has 1 aromatic heterocycles. The van der Waals surface area contributed by atoms with Crippen LogP contribution in [0.3, 0.4) is 0 Å². The van der Waals surface area contributed by atoms with E-state index in [1.165, 1.54) is 0 Å². The van der Waals surface area contributed by atoms with Crippen molar-refractivity contribution in [3.8, 4) is 12.3 Å². The molecule has 0 fully saturated rings. The van der Waals surface area contributed by atoms with Gasteiger partial charge in [-0.3, -0.25) is 16.3 Å². The Morgan fingerprint density at radius 1 is 1.60 bits per heavy atom. The topological polar surface area (TPSA) is 50.9 Å². The Morgan fingerprint density at radius 2 is 2.40 bits per heavy atom. The van der Waals surface area contributed by atoms with Crippen LogP contribution in [-0.4, -0.2) is 4.98 Å². The average Bonchev–Trinajstić information content (AvgIpc) is 2.24. The van der Waals surface area contributed by atoms with Crippen LogP contribution in [-0.2, 0) is 0 Å². The molecule has 0 saturated heterocycles. The van der Waals surface area contributed by atoms with Crippen LogP contribution >= 0.6 is 0 Å². The maximum atomic E-state index is 5.51. The minimum atomic E-state index is 0.144. The van der Waals surface area contributed by atoms with E-state index in [4.69, 9.17) is 12.3 Å². The monoisotopic (exact) mass is 203 g/mol. The van der Waals surface area contributed by atoms with Crippen molar-refractivity contribution in [3.63, 3.8) is 0 Å². The van der Waals surface area contributed by atoms with E-state index in [0.29, 0.717) is 0 Å². The van der Waals surface area contributed by atoms with E-state index in [2.05, 4.69) is 22.4 Å². The summed E-state index contributed by atoms with van der Waals surface area (Å²) < 4.78 is 0. The second-order valence-electron chi connectivity index (χ2n) is 3.61. The predicted molar refractivity (Wildman–Crippen MR) is 61.7 cm³/mol. The zero-order chi connectivity index (χ0) is 11.1. The van der Waals surface area contributed by atoms with Gasteiger partial charge in [0.05, 0.1) is 0 Å². The molecule has 0 aliphatic rings. The Labute approximate surface area is 91.1 Å². The second kappa shape index (κ2) is 6.18. The number of aryl methyl sites for hydroxylation is 1. The lowest BCUT2D eigenvalue weighted by Gasteiger charge is -2.15. The molecule has 0 bridgehead atoms. The van der Waals surface area contributed by atoms with Gasteiger partial charge in [-0.1, -0.05) is 6.07 Å². The van der Waals surface area contributed by atoms with Crippen LogP contribution in [0.4, 0.5) is 0 Å². The number of hydrogen-bond donors (Lipinski definition) is 2. The fraction of sp³-hybridized carbons (Fsp3) is 0.417.